The number of para-hydroxylation sites is 1. The highest BCUT2D eigenvalue weighted by molar-refractivity contribution is 6.37. The van der Waals surface area contributed by atoms with E-state index in [1.165, 1.54) is 6.20 Å². The number of aliphatic imine (C=N–C) groups is 1. The predicted octanol–water partition coefficient (Wildman–Crippen LogP) is 2.93. The number of hydrogen-bond acceptors (Lipinski definition) is 3. The van der Waals surface area contributed by atoms with Gasteiger partial charge >= 0.3 is 0 Å². The van der Waals surface area contributed by atoms with E-state index in [1.807, 2.05) is 42.3 Å². The molecule has 2 rings (SSSR count). The molecule has 5 nitrogen and oxygen atoms in total. The Bertz CT molecular complexity index is 654. The molecule has 0 radical (unpaired) electrons. The van der Waals surface area contributed by atoms with Gasteiger partial charge < -0.3 is 16.4 Å². The van der Waals surface area contributed by atoms with Gasteiger partial charge in [0.05, 0.1) is 10.0 Å². The number of nitrogens with two attached hydrogens (primary N) is 2. The Morgan fingerprint density at radius 3 is 2.52 bits per heavy atom. The van der Waals surface area contributed by atoms with Crippen molar-refractivity contribution in [1.82, 2.24) is 4.98 Å². The van der Waals surface area contributed by atoms with Crippen molar-refractivity contribution in [2.24, 2.45) is 16.5 Å². The predicted molar refractivity (Wildman–Crippen MR) is 88.3 cm³/mol. The van der Waals surface area contributed by atoms with E-state index in [0.717, 1.165) is 11.3 Å². The lowest BCUT2D eigenvalue weighted by molar-refractivity contribution is 0.920. The third-order valence-electron chi connectivity index (χ3n) is 2.88. The van der Waals surface area contributed by atoms with Gasteiger partial charge in [-0.2, -0.15) is 4.99 Å². The van der Waals surface area contributed by atoms with Gasteiger partial charge in [0.1, 0.15) is 0 Å². The van der Waals surface area contributed by atoms with Crippen LogP contribution in [0.5, 0.6) is 0 Å². The molecule has 0 amide bonds. The van der Waals surface area contributed by atoms with Crippen LogP contribution in [0.4, 0.5) is 11.5 Å². The minimum absolute atomic E-state index is 0.103. The Kier molecular flexibility index (Phi) is 4.88. The normalized spacial score (nSPS) is 10.2. The van der Waals surface area contributed by atoms with Crippen LogP contribution in [0.15, 0.2) is 41.5 Å². The van der Waals surface area contributed by atoms with E-state index < -0.39 is 0 Å². The third-order valence-corrected chi connectivity index (χ3v) is 3.60. The molecule has 0 aliphatic carbocycles. The zero-order valence-corrected chi connectivity index (χ0v) is 12.9. The van der Waals surface area contributed by atoms with Crippen molar-refractivity contribution in [3.05, 3.63) is 52.1 Å². The van der Waals surface area contributed by atoms with Gasteiger partial charge in [-0.3, -0.25) is 0 Å². The molecule has 1 aromatic carbocycles. The number of guanidine groups is 1. The lowest BCUT2D eigenvalue weighted by atomic mass is 10.2. The number of aromatic nitrogens is 1. The molecule has 0 aliphatic heterocycles. The molecule has 21 heavy (non-hydrogen) atoms. The van der Waals surface area contributed by atoms with Crippen molar-refractivity contribution >= 4 is 40.7 Å². The number of rotatable bonds is 4. The highest BCUT2D eigenvalue weighted by Crippen LogP contribution is 2.32. The van der Waals surface area contributed by atoms with E-state index in [0.29, 0.717) is 16.6 Å². The smallest absolute Gasteiger partial charge is 0.192 e. The molecule has 2 aromatic rings. The van der Waals surface area contributed by atoms with Crippen molar-refractivity contribution in [3.8, 4) is 0 Å². The largest absolute Gasteiger partial charge is 0.370 e. The molecule has 0 bridgehead atoms. The quantitative estimate of drug-likeness (QED) is 0.669. The van der Waals surface area contributed by atoms with Crippen LogP contribution in [-0.4, -0.2) is 18.0 Å². The van der Waals surface area contributed by atoms with Crippen LogP contribution in [0.3, 0.4) is 0 Å². The van der Waals surface area contributed by atoms with E-state index in [2.05, 4.69) is 9.98 Å². The number of nitrogens with zero attached hydrogens (tertiary/aromatic N) is 3. The molecule has 7 heteroatoms. The molecule has 1 heterocycles. The first-order valence-electron chi connectivity index (χ1n) is 6.17. The Hall–Kier alpha value is -1.98. The summed E-state index contributed by atoms with van der Waals surface area (Å²) in [6.07, 6.45) is 1.49. The molecule has 0 unspecified atom stereocenters. The fourth-order valence-corrected chi connectivity index (χ4v) is 2.35. The first-order valence-corrected chi connectivity index (χ1v) is 6.93. The van der Waals surface area contributed by atoms with Crippen LogP contribution in [0.25, 0.3) is 0 Å². The van der Waals surface area contributed by atoms with Crippen LogP contribution < -0.4 is 16.4 Å². The third kappa shape index (κ3) is 3.77. The van der Waals surface area contributed by atoms with Crippen LogP contribution in [-0.2, 0) is 6.54 Å². The van der Waals surface area contributed by atoms with Gasteiger partial charge in [0.15, 0.2) is 11.8 Å². The summed E-state index contributed by atoms with van der Waals surface area (Å²) in [6.45, 7) is 0.511. The maximum absolute atomic E-state index is 6.30. The standard InChI is InChI=1S/C14H15Cl2N5/c1-21(9-5-3-2-4-6-9)8-10-11(15)7-19-13(12(10)16)20-14(17)18/h2-7H,8H2,1H3,(H4,17,18,19,20). The fourth-order valence-electron chi connectivity index (χ4n) is 1.85. The van der Waals surface area contributed by atoms with Gasteiger partial charge in [0, 0.05) is 31.0 Å². The Balaban J connectivity index is 2.33. The summed E-state index contributed by atoms with van der Waals surface area (Å²) < 4.78 is 0. The molecule has 110 valence electrons. The molecule has 0 spiro atoms. The van der Waals surface area contributed by atoms with E-state index in [9.17, 15) is 0 Å². The number of pyridine rings is 1. The van der Waals surface area contributed by atoms with Gasteiger partial charge in [-0.05, 0) is 12.1 Å². The zero-order valence-electron chi connectivity index (χ0n) is 11.4. The molecule has 0 saturated heterocycles. The number of halogens is 2. The molecule has 1 aromatic heterocycles. The summed E-state index contributed by atoms with van der Waals surface area (Å²) in [7, 11) is 1.95. The minimum Gasteiger partial charge on any atom is -0.370 e. The maximum atomic E-state index is 6.30. The molecule has 0 atom stereocenters. The first-order chi connectivity index (χ1) is 9.99. The average molecular weight is 324 g/mol. The average Bonchev–Trinajstić information content (AvgIpc) is 2.47. The lowest BCUT2D eigenvalue weighted by Gasteiger charge is -2.21. The molecule has 0 fully saturated rings. The second-order valence-electron chi connectivity index (χ2n) is 4.45. The van der Waals surface area contributed by atoms with Crippen LogP contribution >= 0.6 is 23.2 Å². The molecular formula is C14H15Cl2N5. The Labute approximate surface area is 133 Å². The summed E-state index contributed by atoms with van der Waals surface area (Å²) in [5, 5.41) is 0.816. The molecule has 0 saturated carbocycles. The molecule has 4 N–H and O–H groups in total. The number of anilines is 1. The summed E-state index contributed by atoms with van der Waals surface area (Å²) in [6, 6.07) is 9.89. The van der Waals surface area contributed by atoms with Crippen LogP contribution in [0.2, 0.25) is 10.0 Å². The lowest BCUT2D eigenvalue weighted by Crippen LogP contribution is -2.22. The van der Waals surface area contributed by atoms with Gasteiger partial charge in [0.2, 0.25) is 0 Å². The Morgan fingerprint density at radius 2 is 1.90 bits per heavy atom. The SMILES string of the molecule is CN(Cc1c(Cl)cnc(N=C(N)N)c1Cl)c1ccccc1. The first kappa shape index (κ1) is 15.4. The number of benzene rings is 1. The van der Waals surface area contributed by atoms with Crippen molar-refractivity contribution in [3.63, 3.8) is 0 Å². The van der Waals surface area contributed by atoms with E-state index in [4.69, 9.17) is 34.7 Å². The molecular weight excluding hydrogens is 309 g/mol. The summed E-state index contributed by atoms with van der Waals surface area (Å²) in [5.41, 5.74) is 12.5. The second kappa shape index (κ2) is 6.65. The topological polar surface area (TPSA) is 80.5 Å². The van der Waals surface area contributed by atoms with Crippen molar-refractivity contribution in [1.29, 1.82) is 0 Å². The maximum Gasteiger partial charge on any atom is 0.192 e. The minimum atomic E-state index is -0.103. The highest BCUT2D eigenvalue weighted by atomic mass is 35.5. The zero-order chi connectivity index (χ0) is 15.4. The van der Waals surface area contributed by atoms with Crippen molar-refractivity contribution in [2.45, 2.75) is 6.54 Å². The highest BCUT2D eigenvalue weighted by Gasteiger charge is 2.14. The van der Waals surface area contributed by atoms with E-state index in [-0.39, 0.29) is 11.8 Å². The van der Waals surface area contributed by atoms with Crippen molar-refractivity contribution < 1.29 is 0 Å². The van der Waals surface area contributed by atoms with Gasteiger partial charge in [-0.15, -0.1) is 0 Å². The summed E-state index contributed by atoms with van der Waals surface area (Å²) in [5.74, 6) is 0.159. The van der Waals surface area contributed by atoms with E-state index >= 15 is 0 Å². The van der Waals surface area contributed by atoms with Crippen LogP contribution in [0, 0.1) is 0 Å². The van der Waals surface area contributed by atoms with Crippen molar-refractivity contribution in [2.75, 3.05) is 11.9 Å². The fraction of sp³-hybridized carbons (Fsp3) is 0.143. The monoisotopic (exact) mass is 323 g/mol. The summed E-state index contributed by atoms with van der Waals surface area (Å²) >= 11 is 12.5. The van der Waals surface area contributed by atoms with Gasteiger partial charge in [0.25, 0.3) is 0 Å². The van der Waals surface area contributed by atoms with E-state index in [1.54, 1.807) is 0 Å². The van der Waals surface area contributed by atoms with Gasteiger partial charge in [-0.25, -0.2) is 4.98 Å². The molecule has 0 aliphatic rings. The summed E-state index contributed by atoms with van der Waals surface area (Å²) in [4.78, 5) is 9.94. The Morgan fingerprint density at radius 1 is 1.24 bits per heavy atom. The second-order valence-corrected chi connectivity index (χ2v) is 5.24. The number of hydrogen-bond donors (Lipinski definition) is 2. The van der Waals surface area contributed by atoms with Crippen LogP contribution in [0.1, 0.15) is 5.56 Å². The van der Waals surface area contributed by atoms with Gasteiger partial charge in [-0.1, -0.05) is 41.4 Å².